The van der Waals surface area contributed by atoms with Crippen LogP contribution >= 0.6 is 0 Å². The molecule has 0 amide bonds. The van der Waals surface area contributed by atoms with Crippen molar-refractivity contribution in [2.45, 2.75) is 13.0 Å². The van der Waals surface area contributed by atoms with Crippen molar-refractivity contribution in [1.82, 2.24) is 9.38 Å². The number of aliphatic carboxylic acids is 1. The third kappa shape index (κ3) is 2.75. The first kappa shape index (κ1) is 13.9. The smallest absolute Gasteiger partial charge is 0.286 e. The van der Waals surface area contributed by atoms with Gasteiger partial charge in [0.25, 0.3) is 5.69 Å². The van der Waals surface area contributed by atoms with Crippen LogP contribution in [0.5, 0.6) is 0 Å². The number of quaternary nitrogens is 1. The molecule has 0 aliphatic rings. The van der Waals surface area contributed by atoms with Crippen molar-refractivity contribution in [3.63, 3.8) is 0 Å². The van der Waals surface area contributed by atoms with Crippen LogP contribution in [-0.2, 0) is 17.8 Å². The van der Waals surface area contributed by atoms with E-state index in [1.54, 1.807) is 4.40 Å². The van der Waals surface area contributed by atoms with Gasteiger partial charge in [-0.1, -0.05) is 0 Å². The Balaban J connectivity index is 2.61. The van der Waals surface area contributed by atoms with Crippen molar-refractivity contribution in [1.29, 1.82) is 0 Å². The van der Waals surface area contributed by atoms with Gasteiger partial charge in [-0.2, -0.15) is 0 Å². The Bertz CT molecular complexity index is 677. The average molecular weight is 278 g/mol. The van der Waals surface area contributed by atoms with Crippen molar-refractivity contribution < 1.29 is 19.7 Å². The highest BCUT2D eigenvalue weighted by molar-refractivity contribution is 5.68. The first-order valence-corrected chi connectivity index (χ1v) is 6.01. The molecular weight excluding hydrogens is 264 g/mol. The first-order chi connectivity index (χ1) is 9.38. The summed E-state index contributed by atoms with van der Waals surface area (Å²) in [6.07, 6.45) is 1.05. The van der Waals surface area contributed by atoms with E-state index in [1.807, 2.05) is 14.1 Å². The molecule has 0 aromatic carbocycles. The number of fused-ring (bicyclic) bond motifs is 1. The Hall–Kier alpha value is -2.48. The maximum atomic E-state index is 10.8. The maximum Gasteiger partial charge on any atom is 0.286 e. The topological polar surface area (TPSA) is 105 Å². The molecule has 1 N–H and O–H groups in total. The zero-order valence-electron chi connectivity index (χ0n) is 11.1. The van der Waals surface area contributed by atoms with E-state index in [4.69, 9.17) is 0 Å². The third-order valence-corrected chi connectivity index (χ3v) is 2.83. The van der Waals surface area contributed by atoms with Gasteiger partial charge < -0.3 is 14.8 Å². The molecule has 0 saturated carbocycles. The monoisotopic (exact) mass is 278 g/mol. The number of aromatic nitrogens is 2. The van der Waals surface area contributed by atoms with Crippen molar-refractivity contribution in [2.24, 2.45) is 0 Å². The number of nitro groups is 1. The van der Waals surface area contributed by atoms with E-state index in [-0.39, 0.29) is 12.1 Å². The SMILES string of the molecule is C[NH+](C)Cc1c(CC(=O)[O-])nc2ccc([N+](=O)[O-])cn12. The fourth-order valence-electron chi connectivity index (χ4n) is 2.04. The number of rotatable bonds is 5. The van der Waals surface area contributed by atoms with Crippen LogP contribution in [0.3, 0.4) is 0 Å². The number of imidazole rings is 1. The zero-order valence-corrected chi connectivity index (χ0v) is 11.1. The lowest BCUT2D eigenvalue weighted by atomic mass is 10.2. The molecule has 8 nitrogen and oxygen atoms in total. The first-order valence-electron chi connectivity index (χ1n) is 6.01. The van der Waals surface area contributed by atoms with Gasteiger partial charge in [-0.25, -0.2) is 4.98 Å². The number of hydrogen-bond donors (Lipinski definition) is 1. The van der Waals surface area contributed by atoms with E-state index in [2.05, 4.69) is 4.98 Å². The number of pyridine rings is 1. The fourth-order valence-corrected chi connectivity index (χ4v) is 2.04. The lowest BCUT2D eigenvalue weighted by Gasteiger charge is -2.09. The summed E-state index contributed by atoms with van der Waals surface area (Å²) in [6.45, 7) is 0.505. The van der Waals surface area contributed by atoms with E-state index in [9.17, 15) is 20.0 Å². The van der Waals surface area contributed by atoms with E-state index >= 15 is 0 Å². The summed E-state index contributed by atoms with van der Waals surface area (Å²) in [4.78, 5) is 26.4. The molecule has 2 aromatic rings. The highest BCUT2D eigenvalue weighted by Crippen LogP contribution is 2.18. The Morgan fingerprint density at radius 1 is 1.45 bits per heavy atom. The standard InChI is InChI=1S/C12H14N4O4/c1-14(2)7-10-9(5-12(17)18)13-11-4-3-8(16(19)20)6-15(10)11/h3-4,6H,5,7H2,1-2H3,(H,17,18). The number of nitrogens with zero attached hydrogens (tertiary/aromatic N) is 3. The predicted molar refractivity (Wildman–Crippen MR) is 67.1 cm³/mol. The van der Waals surface area contributed by atoms with Crippen LogP contribution in [0.25, 0.3) is 5.65 Å². The molecule has 0 unspecified atom stereocenters. The van der Waals surface area contributed by atoms with E-state index < -0.39 is 10.9 Å². The number of nitrogens with one attached hydrogen (secondary N) is 1. The molecule has 0 atom stereocenters. The highest BCUT2D eigenvalue weighted by Gasteiger charge is 2.17. The Morgan fingerprint density at radius 3 is 2.70 bits per heavy atom. The number of carbonyl (C=O) groups is 1. The minimum Gasteiger partial charge on any atom is -0.550 e. The number of carboxylic acids is 1. The second-order valence-corrected chi connectivity index (χ2v) is 4.81. The molecule has 2 aromatic heterocycles. The van der Waals surface area contributed by atoms with Crippen molar-refractivity contribution in [2.75, 3.05) is 14.1 Å². The normalized spacial score (nSPS) is 11.2. The molecule has 0 bridgehead atoms. The lowest BCUT2D eigenvalue weighted by Crippen LogP contribution is -3.04. The molecule has 8 heteroatoms. The van der Waals surface area contributed by atoms with Gasteiger partial charge in [0.2, 0.25) is 0 Å². The number of hydrogen-bond acceptors (Lipinski definition) is 5. The van der Waals surface area contributed by atoms with Gasteiger partial charge in [0.05, 0.1) is 30.9 Å². The second-order valence-electron chi connectivity index (χ2n) is 4.81. The molecule has 2 heterocycles. The van der Waals surface area contributed by atoms with E-state index in [0.717, 1.165) is 4.90 Å². The van der Waals surface area contributed by atoms with E-state index in [1.165, 1.54) is 18.3 Å². The lowest BCUT2D eigenvalue weighted by molar-refractivity contribution is -0.873. The number of carboxylic acid groups (broad SMARTS) is 1. The minimum absolute atomic E-state index is 0.0649. The molecule has 0 aliphatic carbocycles. The molecular formula is C12H14N4O4. The van der Waals surface area contributed by atoms with Gasteiger partial charge in [-0.3, -0.25) is 14.5 Å². The summed E-state index contributed by atoms with van der Waals surface area (Å²) >= 11 is 0. The van der Waals surface area contributed by atoms with Gasteiger partial charge in [0.15, 0.2) is 0 Å². The Morgan fingerprint density at radius 2 is 2.15 bits per heavy atom. The Kier molecular flexibility index (Phi) is 3.66. The van der Waals surface area contributed by atoms with Gasteiger partial charge >= 0.3 is 0 Å². The second kappa shape index (κ2) is 5.25. The van der Waals surface area contributed by atoms with Crippen LogP contribution in [0.15, 0.2) is 18.3 Å². The fraction of sp³-hybridized carbons (Fsp3) is 0.333. The summed E-state index contributed by atoms with van der Waals surface area (Å²) in [6, 6.07) is 2.85. The van der Waals surface area contributed by atoms with E-state index in [0.29, 0.717) is 23.6 Å². The average Bonchev–Trinajstić information content (AvgIpc) is 2.65. The van der Waals surface area contributed by atoms with Gasteiger partial charge in [0.1, 0.15) is 17.9 Å². The van der Waals surface area contributed by atoms with Gasteiger partial charge in [-0.05, 0) is 6.07 Å². The van der Waals surface area contributed by atoms with Crippen LogP contribution < -0.4 is 10.0 Å². The third-order valence-electron chi connectivity index (χ3n) is 2.83. The zero-order chi connectivity index (χ0) is 14.9. The summed E-state index contributed by atoms with van der Waals surface area (Å²) < 4.78 is 1.57. The van der Waals surface area contributed by atoms with Gasteiger partial charge in [0, 0.05) is 18.5 Å². The minimum atomic E-state index is -1.22. The van der Waals surface area contributed by atoms with Crippen LogP contribution in [0.1, 0.15) is 11.4 Å². The van der Waals surface area contributed by atoms with Crippen LogP contribution in [-0.4, -0.2) is 34.4 Å². The summed E-state index contributed by atoms with van der Waals surface area (Å²) in [7, 11) is 3.80. The summed E-state index contributed by atoms with van der Waals surface area (Å²) in [5.41, 5.74) is 1.45. The predicted octanol–water partition coefficient (Wildman–Crippen LogP) is -1.82. The molecule has 0 radical (unpaired) electrons. The quantitative estimate of drug-likeness (QED) is 0.512. The molecule has 0 aliphatic heterocycles. The van der Waals surface area contributed by atoms with Crippen LogP contribution in [0.4, 0.5) is 5.69 Å². The molecule has 20 heavy (non-hydrogen) atoms. The Labute approximate surface area is 114 Å². The molecule has 0 fully saturated rings. The molecule has 0 saturated heterocycles. The number of carbonyl (C=O) groups excluding carboxylic acids is 1. The maximum absolute atomic E-state index is 10.8. The van der Waals surface area contributed by atoms with Crippen molar-refractivity contribution in [3.8, 4) is 0 Å². The summed E-state index contributed by atoms with van der Waals surface area (Å²) in [5, 5.41) is 21.6. The highest BCUT2D eigenvalue weighted by atomic mass is 16.6. The molecule has 2 rings (SSSR count). The molecule has 106 valence electrons. The largest absolute Gasteiger partial charge is 0.550 e. The van der Waals surface area contributed by atoms with Crippen LogP contribution in [0.2, 0.25) is 0 Å². The van der Waals surface area contributed by atoms with Crippen molar-refractivity contribution >= 4 is 17.3 Å². The van der Waals surface area contributed by atoms with Crippen molar-refractivity contribution in [3.05, 3.63) is 39.8 Å². The summed E-state index contributed by atoms with van der Waals surface area (Å²) in [5.74, 6) is -1.22. The van der Waals surface area contributed by atoms with Gasteiger partial charge in [-0.15, -0.1) is 0 Å². The van der Waals surface area contributed by atoms with Crippen LogP contribution in [0, 0.1) is 10.1 Å². The molecule has 0 spiro atoms.